The molecule has 1 N–H and O–H groups in total. The Labute approximate surface area is 129 Å². The van der Waals surface area contributed by atoms with Crippen LogP contribution in [0.2, 0.25) is 0 Å². The quantitative estimate of drug-likeness (QED) is 0.893. The van der Waals surface area contributed by atoms with Crippen LogP contribution >= 0.6 is 0 Å². The fraction of sp³-hybridized carbons (Fsp3) is 0.467. The maximum atomic E-state index is 12.7. The summed E-state index contributed by atoms with van der Waals surface area (Å²) in [7, 11) is 2.05. The maximum Gasteiger partial charge on any atom is 0.272 e. The van der Waals surface area contributed by atoms with Crippen molar-refractivity contribution in [2.24, 2.45) is 0 Å². The lowest BCUT2D eigenvalue weighted by atomic mass is 10.1. The number of aromatic amines is 1. The van der Waals surface area contributed by atoms with Crippen molar-refractivity contribution >= 4 is 5.91 Å². The first-order valence-corrected chi connectivity index (χ1v) is 7.35. The normalized spacial score (nSPS) is 19.4. The number of nitrogens with zero attached hydrogens (tertiary/aromatic N) is 5. The van der Waals surface area contributed by atoms with Gasteiger partial charge in [-0.1, -0.05) is 0 Å². The maximum absolute atomic E-state index is 12.7. The van der Waals surface area contributed by atoms with Gasteiger partial charge in [-0.15, -0.1) is 0 Å². The number of carbonyl (C=O) groups excluding carboxylic acids is 1. The largest absolute Gasteiger partial charge is 0.347 e. The molecule has 2 aromatic rings. The molecule has 22 heavy (non-hydrogen) atoms. The molecule has 116 valence electrons. The van der Waals surface area contributed by atoms with Crippen LogP contribution in [0.1, 0.15) is 33.9 Å². The molecule has 0 spiro atoms. The van der Waals surface area contributed by atoms with Crippen LogP contribution in [0, 0.1) is 13.8 Å². The van der Waals surface area contributed by atoms with Crippen LogP contribution in [0.25, 0.3) is 0 Å². The molecule has 7 heteroatoms. The van der Waals surface area contributed by atoms with Gasteiger partial charge in [0, 0.05) is 37.7 Å². The number of carbonyl (C=O) groups is 1. The Balaban J connectivity index is 1.81. The van der Waals surface area contributed by atoms with Crippen LogP contribution in [0.3, 0.4) is 0 Å². The zero-order valence-corrected chi connectivity index (χ0v) is 13.1. The molecule has 0 aliphatic carbocycles. The van der Waals surface area contributed by atoms with Crippen LogP contribution < -0.4 is 0 Å². The van der Waals surface area contributed by atoms with Crippen molar-refractivity contribution < 1.29 is 4.79 Å². The first-order chi connectivity index (χ1) is 10.5. The predicted octanol–water partition coefficient (Wildman–Crippen LogP) is 0.945. The first kappa shape index (κ1) is 14.6. The number of H-pyrrole nitrogens is 1. The molecule has 1 unspecified atom stereocenters. The Hall–Kier alpha value is -2.28. The third-order valence-electron chi connectivity index (χ3n) is 3.96. The summed E-state index contributed by atoms with van der Waals surface area (Å²) in [5.41, 5.74) is 1.28. The fourth-order valence-corrected chi connectivity index (χ4v) is 2.80. The fourth-order valence-electron chi connectivity index (χ4n) is 2.80. The minimum Gasteiger partial charge on any atom is -0.347 e. The minimum absolute atomic E-state index is 0.0433. The van der Waals surface area contributed by atoms with Gasteiger partial charge in [0.05, 0.1) is 6.04 Å². The average molecular weight is 300 g/mol. The van der Waals surface area contributed by atoms with E-state index in [2.05, 4.69) is 24.8 Å². The Morgan fingerprint density at radius 3 is 2.82 bits per heavy atom. The zero-order chi connectivity index (χ0) is 15.7. The Kier molecular flexibility index (Phi) is 3.89. The third-order valence-corrected chi connectivity index (χ3v) is 3.96. The number of aryl methyl sites for hydroxylation is 2. The van der Waals surface area contributed by atoms with Gasteiger partial charge in [-0.2, -0.15) is 0 Å². The van der Waals surface area contributed by atoms with E-state index < -0.39 is 0 Å². The van der Waals surface area contributed by atoms with E-state index in [0.29, 0.717) is 24.6 Å². The lowest BCUT2D eigenvalue weighted by Crippen LogP contribution is -2.49. The molecule has 1 saturated heterocycles. The number of likely N-dealkylation sites (N-methyl/N-ethyl adjacent to an activating group) is 1. The van der Waals surface area contributed by atoms with E-state index in [1.54, 1.807) is 25.4 Å². The number of aromatic nitrogens is 4. The second-order valence-electron chi connectivity index (χ2n) is 5.66. The van der Waals surface area contributed by atoms with Gasteiger partial charge in [-0.25, -0.2) is 15.0 Å². The summed E-state index contributed by atoms with van der Waals surface area (Å²) in [5, 5.41) is 0. The highest BCUT2D eigenvalue weighted by Crippen LogP contribution is 2.22. The second-order valence-corrected chi connectivity index (χ2v) is 5.66. The third kappa shape index (κ3) is 2.85. The van der Waals surface area contributed by atoms with Gasteiger partial charge in [0.1, 0.15) is 17.3 Å². The van der Waals surface area contributed by atoms with Crippen LogP contribution in [0.4, 0.5) is 0 Å². The van der Waals surface area contributed by atoms with Crippen LogP contribution in [0.15, 0.2) is 18.5 Å². The molecule has 1 fully saturated rings. The lowest BCUT2D eigenvalue weighted by Gasteiger charge is -2.38. The van der Waals surface area contributed by atoms with E-state index in [1.165, 1.54) is 0 Å². The Morgan fingerprint density at radius 2 is 2.14 bits per heavy atom. The average Bonchev–Trinajstić information content (AvgIpc) is 3.00. The van der Waals surface area contributed by atoms with E-state index in [4.69, 9.17) is 0 Å². The number of amides is 1. The molecule has 0 saturated carbocycles. The lowest BCUT2D eigenvalue weighted by molar-refractivity contribution is 0.0528. The monoisotopic (exact) mass is 300 g/mol. The smallest absolute Gasteiger partial charge is 0.272 e. The molecule has 1 amide bonds. The molecule has 1 atom stereocenters. The van der Waals surface area contributed by atoms with Gasteiger partial charge < -0.3 is 9.88 Å². The van der Waals surface area contributed by atoms with E-state index in [9.17, 15) is 4.79 Å². The highest BCUT2D eigenvalue weighted by Gasteiger charge is 2.30. The van der Waals surface area contributed by atoms with Crippen molar-refractivity contribution in [3.8, 4) is 0 Å². The summed E-state index contributed by atoms with van der Waals surface area (Å²) in [6.07, 6.45) is 3.54. The van der Waals surface area contributed by atoms with E-state index in [1.807, 2.05) is 18.9 Å². The molecule has 1 aliphatic rings. The summed E-state index contributed by atoms with van der Waals surface area (Å²) in [6.45, 7) is 5.78. The number of nitrogens with one attached hydrogen (secondary N) is 1. The number of hydrogen-bond donors (Lipinski definition) is 1. The highest BCUT2D eigenvalue weighted by molar-refractivity contribution is 5.92. The molecule has 3 heterocycles. The predicted molar refractivity (Wildman–Crippen MR) is 81.4 cm³/mol. The van der Waals surface area contributed by atoms with E-state index in [0.717, 1.165) is 18.1 Å². The van der Waals surface area contributed by atoms with Gasteiger partial charge in [-0.3, -0.25) is 9.69 Å². The van der Waals surface area contributed by atoms with Gasteiger partial charge in [0.15, 0.2) is 0 Å². The second kappa shape index (κ2) is 5.84. The van der Waals surface area contributed by atoms with Gasteiger partial charge >= 0.3 is 0 Å². The molecular formula is C15H20N6O. The van der Waals surface area contributed by atoms with Crippen LogP contribution in [-0.4, -0.2) is 62.3 Å². The summed E-state index contributed by atoms with van der Waals surface area (Å²) in [4.78, 5) is 32.7. The summed E-state index contributed by atoms with van der Waals surface area (Å²) < 4.78 is 0. The molecular weight excluding hydrogens is 280 g/mol. The Bertz CT molecular complexity index is 648. The summed E-state index contributed by atoms with van der Waals surface area (Å²) >= 11 is 0. The van der Waals surface area contributed by atoms with Crippen LogP contribution in [0.5, 0.6) is 0 Å². The number of piperazine rings is 1. The van der Waals surface area contributed by atoms with Crippen LogP contribution in [-0.2, 0) is 0 Å². The summed E-state index contributed by atoms with van der Waals surface area (Å²) in [6, 6.07) is 1.83. The molecule has 3 rings (SSSR count). The zero-order valence-electron chi connectivity index (χ0n) is 13.1. The first-order valence-electron chi connectivity index (χ1n) is 7.35. The van der Waals surface area contributed by atoms with Crippen molar-refractivity contribution in [3.05, 3.63) is 41.5 Å². The molecule has 7 nitrogen and oxygen atoms in total. The minimum atomic E-state index is -0.0433. The number of rotatable bonds is 2. The van der Waals surface area contributed by atoms with E-state index in [-0.39, 0.29) is 11.9 Å². The van der Waals surface area contributed by atoms with Gasteiger partial charge in [0.25, 0.3) is 5.91 Å². The SMILES string of the molecule is Cc1cc(C(=O)N2CCN(C)C(c3ncc[nH]3)C2)nc(C)n1. The number of hydrogen-bond acceptors (Lipinski definition) is 5. The summed E-state index contributed by atoms with van der Waals surface area (Å²) in [5.74, 6) is 1.47. The van der Waals surface area contributed by atoms with Crippen molar-refractivity contribution in [1.82, 2.24) is 29.7 Å². The van der Waals surface area contributed by atoms with E-state index >= 15 is 0 Å². The number of imidazole rings is 1. The Morgan fingerprint density at radius 1 is 1.32 bits per heavy atom. The molecule has 0 aromatic carbocycles. The van der Waals surface area contributed by atoms with Gasteiger partial charge in [0.2, 0.25) is 0 Å². The van der Waals surface area contributed by atoms with Gasteiger partial charge in [-0.05, 0) is 27.0 Å². The molecule has 1 aliphatic heterocycles. The topological polar surface area (TPSA) is 78.0 Å². The molecule has 0 radical (unpaired) electrons. The highest BCUT2D eigenvalue weighted by atomic mass is 16.2. The van der Waals surface area contributed by atoms with Crippen molar-refractivity contribution in [2.75, 3.05) is 26.7 Å². The van der Waals surface area contributed by atoms with Crippen molar-refractivity contribution in [1.29, 1.82) is 0 Å². The molecule has 2 aromatic heterocycles. The van der Waals surface area contributed by atoms with Crippen molar-refractivity contribution in [3.63, 3.8) is 0 Å². The van der Waals surface area contributed by atoms with Crippen molar-refractivity contribution in [2.45, 2.75) is 19.9 Å². The standard InChI is InChI=1S/C15H20N6O/c1-10-8-12(19-11(2)18-10)15(22)21-7-6-20(3)13(9-21)14-16-4-5-17-14/h4-5,8,13H,6-7,9H2,1-3H3,(H,16,17). The molecule has 0 bridgehead atoms.